The second-order valence-corrected chi connectivity index (χ2v) is 4.13. The van der Waals surface area contributed by atoms with Gasteiger partial charge in [0.15, 0.2) is 0 Å². The molecule has 2 aromatic rings. The van der Waals surface area contributed by atoms with Gasteiger partial charge in [-0.2, -0.15) is 0 Å². The van der Waals surface area contributed by atoms with E-state index in [1.807, 2.05) is 43.3 Å². The van der Waals surface area contributed by atoms with Crippen LogP contribution in [0.15, 0.2) is 48.5 Å². The highest BCUT2D eigenvalue weighted by Gasteiger charge is 2.00. The van der Waals surface area contributed by atoms with Crippen LogP contribution >= 0.6 is 0 Å². The van der Waals surface area contributed by atoms with Crippen molar-refractivity contribution in [2.45, 2.75) is 13.3 Å². The first-order valence-corrected chi connectivity index (χ1v) is 5.78. The molecule has 2 N–H and O–H groups in total. The maximum Gasteiger partial charge on any atom is 0.142 e. The molecule has 0 aromatic heterocycles. The van der Waals surface area contributed by atoms with E-state index in [0.717, 1.165) is 17.7 Å². The van der Waals surface area contributed by atoms with Crippen LogP contribution in [0.2, 0.25) is 0 Å². The normalized spacial score (nSPS) is 10.2. The minimum Gasteiger partial charge on any atom is -0.491 e. The topological polar surface area (TPSA) is 35.2 Å². The number of nitrogens with two attached hydrogens (primary N) is 1. The first kappa shape index (κ1) is 11.5. The summed E-state index contributed by atoms with van der Waals surface area (Å²) >= 11 is 0. The monoisotopic (exact) mass is 227 g/mol. The smallest absolute Gasteiger partial charge is 0.142 e. The number of nitrogen functional groups attached to an aromatic ring is 1. The van der Waals surface area contributed by atoms with E-state index in [1.54, 1.807) is 0 Å². The second-order valence-electron chi connectivity index (χ2n) is 4.13. The predicted molar refractivity (Wildman–Crippen MR) is 71.2 cm³/mol. The van der Waals surface area contributed by atoms with Gasteiger partial charge in [-0.15, -0.1) is 0 Å². The molecule has 2 heteroatoms. The van der Waals surface area contributed by atoms with Crippen molar-refractivity contribution in [1.82, 2.24) is 0 Å². The van der Waals surface area contributed by atoms with Crippen LogP contribution in [-0.4, -0.2) is 6.61 Å². The summed E-state index contributed by atoms with van der Waals surface area (Å²) in [5.41, 5.74) is 9.01. The molecule has 0 saturated heterocycles. The lowest BCUT2D eigenvalue weighted by Crippen LogP contribution is -2.03. The van der Waals surface area contributed by atoms with E-state index in [1.165, 1.54) is 5.56 Å². The highest BCUT2D eigenvalue weighted by atomic mass is 16.5. The third-order valence-corrected chi connectivity index (χ3v) is 2.66. The van der Waals surface area contributed by atoms with Gasteiger partial charge in [0.05, 0.1) is 12.3 Å². The van der Waals surface area contributed by atoms with Crippen LogP contribution in [0.5, 0.6) is 5.75 Å². The molecule has 17 heavy (non-hydrogen) atoms. The summed E-state index contributed by atoms with van der Waals surface area (Å²) in [6.45, 7) is 2.67. The maximum atomic E-state index is 5.88. The fraction of sp³-hybridized carbons (Fsp3) is 0.200. The highest BCUT2D eigenvalue weighted by Crippen LogP contribution is 2.22. The molecular formula is C15H17NO. The summed E-state index contributed by atoms with van der Waals surface area (Å²) in [4.78, 5) is 0. The minimum absolute atomic E-state index is 0.650. The van der Waals surface area contributed by atoms with Gasteiger partial charge >= 0.3 is 0 Å². The van der Waals surface area contributed by atoms with E-state index in [2.05, 4.69) is 12.1 Å². The first-order chi connectivity index (χ1) is 8.25. The van der Waals surface area contributed by atoms with Crippen LogP contribution in [0.1, 0.15) is 11.1 Å². The lowest BCUT2D eigenvalue weighted by molar-refractivity contribution is 0.323. The number of rotatable bonds is 4. The summed E-state index contributed by atoms with van der Waals surface area (Å²) in [6.07, 6.45) is 0.897. The molecule has 0 aliphatic rings. The zero-order valence-electron chi connectivity index (χ0n) is 10.0. The summed E-state index contributed by atoms with van der Waals surface area (Å²) in [5, 5.41) is 0. The van der Waals surface area contributed by atoms with Gasteiger partial charge < -0.3 is 10.5 Å². The summed E-state index contributed by atoms with van der Waals surface area (Å²) in [6, 6.07) is 16.2. The molecule has 0 spiro atoms. The van der Waals surface area contributed by atoms with Gasteiger partial charge in [-0.3, -0.25) is 0 Å². The fourth-order valence-corrected chi connectivity index (χ4v) is 1.72. The molecular weight excluding hydrogens is 210 g/mol. The van der Waals surface area contributed by atoms with Gasteiger partial charge in [0, 0.05) is 6.42 Å². The Morgan fingerprint density at radius 2 is 1.82 bits per heavy atom. The molecule has 0 aliphatic carbocycles. The van der Waals surface area contributed by atoms with Crippen molar-refractivity contribution in [2.24, 2.45) is 0 Å². The lowest BCUT2D eigenvalue weighted by Gasteiger charge is -2.09. The van der Waals surface area contributed by atoms with Gasteiger partial charge in [0.1, 0.15) is 5.75 Å². The Balaban J connectivity index is 1.90. The summed E-state index contributed by atoms with van der Waals surface area (Å²) < 4.78 is 5.67. The molecule has 0 aliphatic heterocycles. The number of anilines is 1. The molecule has 0 radical (unpaired) electrons. The van der Waals surface area contributed by atoms with E-state index in [-0.39, 0.29) is 0 Å². The zero-order valence-corrected chi connectivity index (χ0v) is 10.0. The molecule has 2 nitrogen and oxygen atoms in total. The largest absolute Gasteiger partial charge is 0.491 e. The summed E-state index contributed by atoms with van der Waals surface area (Å²) in [5.74, 6) is 0.770. The Kier molecular flexibility index (Phi) is 3.66. The van der Waals surface area contributed by atoms with E-state index in [9.17, 15) is 0 Å². The van der Waals surface area contributed by atoms with Crippen LogP contribution < -0.4 is 10.5 Å². The van der Waals surface area contributed by atoms with Crippen LogP contribution in [-0.2, 0) is 6.42 Å². The van der Waals surface area contributed by atoms with Crippen LogP contribution in [0.3, 0.4) is 0 Å². The standard InChI is InChI=1S/C15H17NO/c1-12-7-8-15(14(16)11-12)17-10-9-13-5-3-2-4-6-13/h2-8,11H,9-10,16H2,1H3. The Morgan fingerprint density at radius 1 is 1.06 bits per heavy atom. The Morgan fingerprint density at radius 3 is 2.53 bits per heavy atom. The quantitative estimate of drug-likeness (QED) is 0.814. The van der Waals surface area contributed by atoms with Crippen LogP contribution in [0.25, 0.3) is 0 Å². The van der Waals surface area contributed by atoms with Crippen molar-refractivity contribution in [2.75, 3.05) is 12.3 Å². The number of benzene rings is 2. The molecule has 0 bridgehead atoms. The minimum atomic E-state index is 0.650. The van der Waals surface area contributed by atoms with E-state index < -0.39 is 0 Å². The van der Waals surface area contributed by atoms with Crippen molar-refractivity contribution in [3.8, 4) is 5.75 Å². The highest BCUT2D eigenvalue weighted by molar-refractivity contribution is 5.54. The molecule has 0 heterocycles. The molecule has 88 valence electrons. The summed E-state index contributed by atoms with van der Waals surface area (Å²) in [7, 11) is 0. The van der Waals surface area contributed by atoms with Crippen LogP contribution in [0.4, 0.5) is 5.69 Å². The second kappa shape index (κ2) is 5.39. The number of ether oxygens (including phenoxy) is 1. The third-order valence-electron chi connectivity index (χ3n) is 2.66. The average molecular weight is 227 g/mol. The molecule has 0 unspecified atom stereocenters. The van der Waals surface area contributed by atoms with Crippen molar-refractivity contribution >= 4 is 5.69 Å². The maximum absolute atomic E-state index is 5.88. The van der Waals surface area contributed by atoms with Gasteiger partial charge in [-0.25, -0.2) is 0 Å². The molecule has 2 rings (SSSR count). The van der Waals surface area contributed by atoms with Gasteiger partial charge in [-0.1, -0.05) is 36.4 Å². The Labute approximate surface area is 102 Å². The number of hydrogen-bond acceptors (Lipinski definition) is 2. The molecule has 2 aromatic carbocycles. The number of aryl methyl sites for hydroxylation is 1. The molecule has 0 atom stereocenters. The van der Waals surface area contributed by atoms with Gasteiger partial charge in [0.25, 0.3) is 0 Å². The van der Waals surface area contributed by atoms with Crippen molar-refractivity contribution in [3.05, 3.63) is 59.7 Å². The van der Waals surface area contributed by atoms with Crippen molar-refractivity contribution in [3.63, 3.8) is 0 Å². The zero-order chi connectivity index (χ0) is 12.1. The molecule has 0 saturated carbocycles. The molecule has 0 amide bonds. The number of hydrogen-bond donors (Lipinski definition) is 1. The fourth-order valence-electron chi connectivity index (χ4n) is 1.72. The Bertz CT molecular complexity index is 480. The SMILES string of the molecule is Cc1ccc(OCCc2ccccc2)c(N)c1. The predicted octanol–water partition coefficient (Wildman–Crippen LogP) is 3.20. The lowest BCUT2D eigenvalue weighted by atomic mass is 10.2. The molecule has 0 fully saturated rings. The van der Waals surface area contributed by atoms with Crippen molar-refractivity contribution in [1.29, 1.82) is 0 Å². The third kappa shape index (κ3) is 3.25. The Hall–Kier alpha value is -1.96. The van der Waals surface area contributed by atoms with Gasteiger partial charge in [0.2, 0.25) is 0 Å². The average Bonchev–Trinajstić information content (AvgIpc) is 2.33. The van der Waals surface area contributed by atoms with E-state index in [4.69, 9.17) is 10.5 Å². The first-order valence-electron chi connectivity index (χ1n) is 5.78. The van der Waals surface area contributed by atoms with E-state index >= 15 is 0 Å². The van der Waals surface area contributed by atoms with Gasteiger partial charge in [-0.05, 0) is 30.2 Å². The van der Waals surface area contributed by atoms with Crippen LogP contribution in [0, 0.1) is 6.92 Å². The van der Waals surface area contributed by atoms with Crippen molar-refractivity contribution < 1.29 is 4.74 Å². The van der Waals surface area contributed by atoms with E-state index in [0.29, 0.717) is 12.3 Å².